The molecule has 0 aliphatic rings. The molecule has 24 heavy (non-hydrogen) atoms. The molecule has 0 heterocycles. The molecule has 0 unspecified atom stereocenters. The van der Waals surface area contributed by atoms with E-state index in [1.54, 1.807) is 29.2 Å². The summed E-state index contributed by atoms with van der Waals surface area (Å²) in [5, 5.41) is 3.13. The van der Waals surface area contributed by atoms with E-state index in [0.717, 1.165) is 5.56 Å². The highest BCUT2D eigenvalue weighted by molar-refractivity contribution is 6.33. The summed E-state index contributed by atoms with van der Waals surface area (Å²) >= 11 is 6.02. The summed E-state index contributed by atoms with van der Waals surface area (Å²) in [5.41, 5.74) is 1.54. The summed E-state index contributed by atoms with van der Waals surface area (Å²) in [5.74, 6) is -0.579. The van der Waals surface area contributed by atoms with Gasteiger partial charge in [0.1, 0.15) is 6.42 Å². The number of anilines is 1. The lowest BCUT2D eigenvalue weighted by Crippen LogP contribution is -2.38. The zero-order valence-corrected chi connectivity index (χ0v) is 14.6. The van der Waals surface area contributed by atoms with Gasteiger partial charge in [-0.15, -0.1) is 0 Å². The lowest BCUT2D eigenvalue weighted by molar-refractivity contribution is -0.136. The fourth-order valence-corrected chi connectivity index (χ4v) is 2.52. The van der Waals surface area contributed by atoms with Crippen LogP contribution in [0.1, 0.15) is 25.8 Å². The highest BCUT2D eigenvalue weighted by Gasteiger charge is 2.20. The van der Waals surface area contributed by atoms with Gasteiger partial charge < -0.3 is 10.2 Å². The topological polar surface area (TPSA) is 49.4 Å². The predicted molar refractivity (Wildman–Crippen MR) is 96.8 cm³/mol. The van der Waals surface area contributed by atoms with Gasteiger partial charge in [-0.3, -0.25) is 9.59 Å². The number of benzene rings is 2. The molecule has 126 valence electrons. The first-order chi connectivity index (χ1) is 11.5. The van der Waals surface area contributed by atoms with Gasteiger partial charge in [0.05, 0.1) is 10.7 Å². The minimum absolute atomic E-state index is 0.00539. The van der Waals surface area contributed by atoms with Gasteiger partial charge in [-0.2, -0.15) is 0 Å². The van der Waals surface area contributed by atoms with Crippen molar-refractivity contribution in [1.29, 1.82) is 0 Å². The summed E-state index contributed by atoms with van der Waals surface area (Å²) in [4.78, 5) is 26.3. The fraction of sp³-hybridized carbons (Fsp3) is 0.263. The Morgan fingerprint density at radius 1 is 1.04 bits per heavy atom. The van der Waals surface area contributed by atoms with Crippen molar-refractivity contribution in [2.24, 2.45) is 0 Å². The third-order valence-electron chi connectivity index (χ3n) is 3.60. The van der Waals surface area contributed by atoms with E-state index in [1.165, 1.54) is 0 Å². The zero-order chi connectivity index (χ0) is 17.5. The smallest absolute Gasteiger partial charge is 0.233 e. The number of nitrogens with zero attached hydrogens (tertiary/aromatic N) is 1. The Labute approximate surface area is 147 Å². The lowest BCUT2D eigenvalue weighted by Gasteiger charge is -2.27. The third kappa shape index (κ3) is 5.10. The molecule has 0 fully saturated rings. The van der Waals surface area contributed by atoms with Crippen LogP contribution in [0.5, 0.6) is 0 Å². The molecule has 2 aromatic carbocycles. The van der Waals surface area contributed by atoms with Gasteiger partial charge in [-0.25, -0.2) is 0 Å². The quantitative estimate of drug-likeness (QED) is 0.802. The van der Waals surface area contributed by atoms with E-state index in [9.17, 15) is 9.59 Å². The molecule has 0 aliphatic carbocycles. The zero-order valence-electron chi connectivity index (χ0n) is 13.8. The standard InChI is InChI=1S/C19H21ClN2O2/c1-14(2)22(13-15-8-4-3-5-9-15)19(24)12-18(23)21-17-11-7-6-10-16(17)20/h3-11,14H,12-13H2,1-2H3,(H,21,23). The van der Waals surface area contributed by atoms with Crippen LogP contribution in [-0.2, 0) is 16.1 Å². The van der Waals surface area contributed by atoms with Crippen LogP contribution in [0, 0.1) is 0 Å². The molecule has 2 amide bonds. The Morgan fingerprint density at radius 2 is 1.67 bits per heavy atom. The van der Waals surface area contributed by atoms with Crippen molar-refractivity contribution >= 4 is 29.1 Å². The first-order valence-electron chi connectivity index (χ1n) is 7.85. The third-order valence-corrected chi connectivity index (χ3v) is 3.93. The monoisotopic (exact) mass is 344 g/mol. The maximum atomic E-state index is 12.5. The molecule has 1 N–H and O–H groups in total. The van der Waals surface area contributed by atoms with Crippen molar-refractivity contribution in [3.63, 3.8) is 0 Å². The first-order valence-corrected chi connectivity index (χ1v) is 8.23. The minimum Gasteiger partial charge on any atom is -0.336 e. The van der Waals surface area contributed by atoms with Crippen LogP contribution in [0.2, 0.25) is 5.02 Å². The van der Waals surface area contributed by atoms with Crippen molar-refractivity contribution in [2.45, 2.75) is 32.9 Å². The number of rotatable bonds is 6. The molecule has 0 aromatic heterocycles. The number of hydrogen-bond acceptors (Lipinski definition) is 2. The van der Waals surface area contributed by atoms with Crippen LogP contribution in [0.25, 0.3) is 0 Å². The second-order valence-corrected chi connectivity index (χ2v) is 6.21. The number of carbonyl (C=O) groups is 2. The van der Waals surface area contributed by atoms with Crippen molar-refractivity contribution in [1.82, 2.24) is 4.90 Å². The molecular formula is C19H21ClN2O2. The second kappa shape index (κ2) is 8.50. The van der Waals surface area contributed by atoms with Crippen LogP contribution in [-0.4, -0.2) is 22.8 Å². The van der Waals surface area contributed by atoms with Gasteiger partial charge >= 0.3 is 0 Å². The normalized spacial score (nSPS) is 10.5. The Hall–Kier alpha value is -2.33. The molecule has 0 atom stereocenters. The van der Waals surface area contributed by atoms with Gasteiger partial charge in [0, 0.05) is 12.6 Å². The SMILES string of the molecule is CC(C)N(Cc1ccccc1)C(=O)CC(=O)Nc1ccccc1Cl. The molecule has 0 spiro atoms. The fourth-order valence-electron chi connectivity index (χ4n) is 2.33. The van der Waals surface area contributed by atoms with Gasteiger partial charge in [0.25, 0.3) is 0 Å². The Kier molecular flexibility index (Phi) is 6.38. The molecular weight excluding hydrogens is 324 g/mol. The molecule has 5 heteroatoms. The lowest BCUT2D eigenvalue weighted by atomic mass is 10.1. The van der Waals surface area contributed by atoms with Crippen LogP contribution in [0.15, 0.2) is 54.6 Å². The van der Waals surface area contributed by atoms with Gasteiger partial charge in [0.15, 0.2) is 0 Å². The Balaban J connectivity index is 2.00. The van der Waals surface area contributed by atoms with Crippen LogP contribution in [0.4, 0.5) is 5.69 Å². The van der Waals surface area contributed by atoms with E-state index in [2.05, 4.69) is 5.32 Å². The van der Waals surface area contributed by atoms with E-state index in [0.29, 0.717) is 17.3 Å². The highest BCUT2D eigenvalue weighted by atomic mass is 35.5. The van der Waals surface area contributed by atoms with Crippen molar-refractivity contribution in [3.8, 4) is 0 Å². The van der Waals surface area contributed by atoms with Crippen molar-refractivity contribution < 1.29 is 9.59 Å². The minimum atomic E-state index is -0.369. The largest absolute Gasteiger partial charge is 0.336 e. The summed E-state index contributed by atoms with van der Waals surface area (Å²) < 4.78 is 0. The van der Waals surface area contributed by atoms with Gasteiger partial charge in [-0.05, 0) is 31.5 Å². The molecule has 2 aromatic rings. The highest BCUT2D eigenvalue weighted by Crippen LogP contribution is 2.20. The number of para-hydroxylation sites is 1. The van der Waals surface area contributed by atoms with E-state index in [1.807, 2.05) is 44.2 Å². The summed E-state index contributed by atoms with van der Waals surface area (Å²) in [6.07, 6.45) is -0.212. The van der Waals surface area contributed by atoms with Gasteiger partial charge in [-0.1, -0.05) is 54.1 Å². The summed E-state index contributed by atoms with van der Waals surface area (Å²) in [6.45, 7) is 4.36. The molecule has 0 aliphatic heterocycles. The Morgan fingerprint density at radius 3 is 2.29 bits per heavy atom. The average Bonchev–Trinajstić information content (AvgIpc) is 2.55. The number of amides is 2. The van der Waals surface area contributed by atoms with E-state index < -0.39 is 0 Å². The van der Waals surface area contributed by atoms with Crippen molar-refractivity contribution in [2.75, 3.05) is 5.32 Å². The Bertz CT molecular complexity index is 702. The maximum absolute atomic E-state index is 12.5. The number of hydrogen-bond donors (Lipinski definition) is 1. The van der Waals surface area contributed by atoms with Crippen LogP contribution in [0.3, 0.4) is 0 Å². The van der Waals surface area contributed by atoms with Gasteiger partial charge in [0.2, 0.25) is 11.8 Å². The molecule has 0 saturated heterocycles. The predicted octanol–water partition coefficient (Wildman–Crippen LogP) is 4.11. The van der Waals surface area contributed by atoms with Crippen LogP contribution >= 0.6 is 11.6 Å². The maximum Gasteiger partial charge on any atom is 0.233 e. The summed E-state index contributed by atoms with van der Waals surface area (Å²) in [6, 6.07) is 16.7. The molecule has 0 bridgehead atoms. The molecule has 0 saturated carbocycles. The second-order valence-electron chi connectivity index (χ2n) is 5.81. The summed E-state index contributed by atoms with van der Waals surface area (Å²) in [7, 11) is 0. The molecule has 0 radical (unpaired) electrons. The number of carbonyl (C=O) groups excluding carboxylic acids is 2. The molecule has 4 nitrogen and oxygen atoms in total. The molecule has 2 rings (SSSR count). The first kappa shape index (κ1) is 18.0. The van der Waals surface area contributed by atoms with Crippen LogP contribution < -0.4 is 5.32 Å². The number of halogens is 1. The van der Waals surface area contributed by atoms with Crippen molar-refractivity contribution in [3.05, 3.63) is 65.2 Å². The van der Waals surface area contributed by atoms with E-state index in [-0.39, 0.29) is 24.3 Å². The van der Waals surface area contributed by atoms with E-state index >= 15 is 0 Å². The average molecular weight is 345 g/mol. The van der Waals surface area contributed by atoms with E-state index in [4.69, 9.17) is 11.6 Å². The number of nitrogens with one attached hydrogen (secondary N) is 1.